The van der Waals surface area contributed by atoms with Gasteiger partial charge < -0.3 is 10.1 Å². The second-order valence-electron chi connectivity index (χ2n) is 5.08. The monoisotopic (exact) mass is 248 g/mol. The van der Waals surface area contributed by atoms with E-state index in [4.69, 9.17) is 4.74 Å². The van der Waals surface area contributed by atoms with Gasteiger partial charge in [0.2, 0.25) is 5.88 Å². The molecule has 1 N–H and O–H groups in total. The van der Waals surface area contributed by atoms with Crippen LogP contribution in [0.3, 0.4) is 0 Å². The van der Waals surface area contributed by atoms with E-state index >= 15 is 0 Å². The Kier molecular flexibility index (Phi) is 5.46. The Morgan fingerprint density at radius 3 is 3.00 bits per heavy atom. The van der Waals surface area contributed by atoms with Gasteiger partial charge in [-0.3, -0.25) is 0 Å². The summed E-state index contributed by atoms with van der Waals surface area (Å²) in [5.41, 5.74) is 1.06. The summed E-state index contributed by atoms with van der Waals surface area (Å²) in [5, 5.41) is 3.35. The van der Waals surface area contributed by atoms with Crippen LogP contribution in [0.2, 0.25) is 0 Å². The van der Waals surface area contributed by atoms with E-state index in [1.807, 2.05) is 18.2 Å². The average molecular weight is 248 g/mol. The highest BCUT2D eigenvalue weighted by Gasteiger charge is 2.16. The van der Waals surface area contributed by atoms with Crippen LogP contribution in [0.1, 0.15) is 44.7 Å². The number of hydrogen-bond acceptors (Lipinski definition) is 3. The predicted molar refractivity (Wildman–Crippen MR) is 73.7 cm³/mol. The molecule has 0 unspecified atom stereocenters. The van der Waals surface area contributed by atoms with Gasteiger partial charge in [0, 0.05) is 12.6 Å². The fourth-order valence-electron chi connectivity index (χ4n) is 2.14. The summed E-state index contributed by atoms with van der Waals surface area (Å²) < 4.78 is 5.72. The molecule has 1 aliphatic rings. The van der Waals surface area contributed by atoms with Gasteiger partial charge in [-0.25, -0.2) is 4.98 Å². The van der Waals surface area contributed by atoms with Gasteiger partial charge in [0.15, 0.2) is 0 Å². The first kappa shape index (κ1) is 13.3. The maximum atomic E-state index is 5.72. The minimum Gasteiger partial charge on any atom is -0.478 e. The van der Waals surface area contributed by atoms with Gasteiger partial charge >= 0.3 is 0 Å². The third-order valence-electron chi connectivity index (χ3n) is 3.51. The topological polar surface area (TPSA) is 34.1 Å². The number of pyridine rings is 1. The summed E-state index contributed by atoms with van der Waals surface area (Å²) in [6, 6.07) is 6.01. The van der Waals surface area contributed by atoms with E-state index in [2.05, 4.69) is 17.2 Å². The van der Waals surface area contributed by atoms with E-state index in [9.17, 15) is 0 Å². The number of nitrogens with one attached hydrogen (secondary N) is 1. The molecule has 1 aromatic rings. The molecule has 0 bridgehead atoms. The van der Waals surface area contributed by atoms with Gasteiger partial charge in [-0.1, -0.05) is 32.3 Å². The van der Waals surface area contributed by atoms with E-state index in [1.165, 1.54) is 25.7 Å². The van der Waals surface area contributed by atoms with Crippen molar-refractivity contribution in [2.24, 2.45) is 5.92 Å². The lowest BCUT2D eigenvalue weighted by Gasteiger charge is -2.24. The first-order chi connectivity index (χ1) is 8.88. The molecule has 1 fully saturated rings. The standard InChI is InChI=1S/C15H24N2O/c1-2-10-16-12-14-7-4-8-15(17-14)18-11-9-13-5-3-6-13/h4,7-8,13,16H,2-3,5-6,9-12H2,1H3. The van der Waals surface area contributed by atoms with Crippen molar-refractivity contribution in [1.29, 1.82) is 0 Å². The van der Waals surface area contributed by atoms with Gasteiger partial charge in [-0.05, 0) is 31.4 Å². The summed E-state index contributed by atoms with van der Waals surface area (Å²) in [6.45, 7) is 4.84. The first-order valence-electron chi connectivity index (χ1n) is 7.18. The van der Waals surface area contributed by atoms with Gasteiger partial charge in [0.05, 0.1) is 12.3 Å². The van der Waals surface area contributed by atoms with Crippen molar-refractivity contribution in [3.8, 4) is 5.88 Å². The molecule has 18 heavy (non-hydrogen) atoms. The van der Waals surface area contributed by atoms with Crippen LogP contribution < -0.4 is 10.1 Å². The highest BCUT2D eigenvalue weighted by molar-refractivity contribution is 5.15. The molecule has 1 aromatic heterocycles. The fourth-order valence-corrected chi connectivity index (χ4v) is 2.14. The lowest BCUT2D eigenvalue weighted by atomic mass is 9.83. The Labute approximate surface area is 110 Å². The normalized spacial score (nSPS) is 15.4. The SMILES string of the molecule is CCCNCc1cccc(OCCC2CCC2)n1. The number of aromatic nitrogens is 1. The van der Waals surface area contributed by atoms with Crippen LogP contribution in [0.15, 0.2) is 18.2 Å². The molecule has 3 nitrogen and oxygen atoms in total. The van der Waals surface area contributed by atoms with Crippen molar-refractivity contribution in [2.45, 2.75) is 45.6 Å². The molecule has 0 amide bonds. The number of hydrogen-bond donors (Lipinski definition) is 1. The number of ether oxygens (including phenoxy) is 1. The Bertz CT molecular complexity index is 350. The number of nitrogens with zero attached hydrogens (tertiary/aromatic N) is 1. The van der Waals surface area contributed by atoms with E-state index in [-0.39, 0.29) is 0 Å². The van der Waals surface area contributed by atoms with Crippen LogP contribution in [-0.4, -0.2) is 18.1 Å². The lowest BCUT2D eigenvalue weighted by molar-refractivity contribution is 0.217. The average Bonchev–Trinajstić information content (AvgIpc) is 2.33. The molecule has 1 heterocycles. The van der Waals surface area contributed by atoms with Gasteiger partial charge in [-0.15, -0.1) is 0 Å². The summed E-state index contributed by atoms with van der Waals surface area (Å²) in [5.74, 6) is 1.67. The molecule has 0 radical (unpaired) electrons. The zero-order chi connectivity index (χ0) is 12.6. The molecule has 0 saturated heterocycles. The van der Waals surface area contributed by atoms with Crippen molar-refractivity contribution in [2.75, 3.05) is 13.2 Å². The van der Waals surface area contributed by atoms with E-state index < -0.39 is 0 Å². The Balaban J connectivity index is 1.71. The van der Waals surface area contributed by atoms with Crippen LogP contribution in [0.4, 0.5) is 0 Å². The van der Waals surface area contributed by atoms with E-state index in [0.717, 1.165) is 43.6 Å². The number of rotatable bonds is 8. The van der Waals surface area contributed by atoms with Gasteiger partial charge in [0.1, 0.15) is 0 Å². The van der Waals surface area contributed by atoms with Crippen molar-refractivity contribution >= 4 is 0 Å². The van der Waals surface area contributed by atoms with Crippen molar-refractivity contribution in [1.82, 2.24) is 10.3 Å². The molecule has 1 aliphatic carbocycles. The second kappa shape index (κ2) is 7.37. The molecule has 0 spiro atoms. The molecule has 1 saturated carbocycles. The first-order valence-corrected chi connectivity index (χ1v) is 7.18. The zero-order valence-electron chi connectivity index (χ0n) is 11.3. The maximum Gasteiger partial charge on any atom is 0.213 e. The zero-order valence-corrected chi connectivity index (χ0v) is 11.3. The Hall–Kier alpha value is -1.09. The molecule has 0 aliphatic heterocycles. The van der Waals surface area contributed by atoms with Crippen molar-refractivity contribution in [3.05, 3.63) is 23.9 Å². The van der Waals surface area contributed by atoms with Crippen LogP contribution >= 0.6 is 0 Å². The van der Waals surface area contributed by atoms with E-state index in [0.29, 0.717) is 0 Å². The summed E-state index contributed by atoms with van der Waals surface area (Å²) in [6.07, 6.45) is 6.51. The minimum absolute atomic E-state index is 0.769. The molecule has 0 aromatic carbocycles. The Morgan fingerprint density at radius 2 is 2.28 bits per heavy atom. The van der Waals surface area contributed by atoms with Crippen LogP contribution in [0, 0.1) is 5.92 Å². The quantitative estimate of drug-likeness (QED) is 0.718. The highest BCUT2D eigenvalue weighted by atomic mass is 16.5. The van der Waals surface area contributed by atoms with Gasteiger partial charge in [0.25, 0.3) is 0 Å². The third kappa shape index (κ3) is 4.30. The molecular formula is C15H24N2O. The molecule has 100 valence electrons. The van der Waals surface area contributed by atoms with E-state index in [1.54, 1.807) is 0 Å². The Morgan fingerprint density at radius 1 is 1.39 bits per heavy atom. The largest absolute Gasteiger partial charge is 0.478 e. The second-order valence-corrected chi connectivity index (χ2v) is 5.08. The highest BCUT2D eigenvalue weighted by Crippen LogP contribution is 2.29. The summed E-state index contributed by atoms with van der Waals surface area (Å²) in [4.78, 5) is 4.50. The third-order valence-corrected chi connectivity index (χ3v) is 3.51. The van der Waals surface area contributed by atoms with Crippen LogP contribution in [0.25, 0.3) is 0 Å². The molecule has 2 rings (SSSR count). The molecule has 3 heteroatoms. The smallest absolute Gasteiger partial charge is 0.213 e. The summed E-state index contributed by atoms with van der Waals surface area (Å²) >= 11 is 0. The van der Waals surface area contributed by atoms with Gasteiger partial charge in [-0.2, -0.15) is 0 Å². The van der Waals surface area contributed by atoms with Crippen molar-refractivity contribution in [3.63, 3.8) is 0 Å². The lowest BCUT2D eigenvalue weighted by Crippen LogP contribution is -2.16. The predicted octanol–water partition coefficient (Wildman–Crippen LogP) is 3.15. The molecule has 0 atom stereocenters. The van der Waals surface area contributed by atoms with Crippen LogP contribution in [-0.2, 0) is 6.54 Å². The van der Waals surface area contributed by atoms with Crippen LogP contribution in [0.5, 0.6) is 5.88 Å². The molecular weight excluding hydrogens is 224 g/mol. The fraction of sp³-hybridized carbons (Fsp3) is 0.667. The summed E-state index contributed by atoms with van der Waals surface area (Å²) in [7, 11) is 0. The van der Waals surface area contributed by atoms with Crippen molar-refractivity contribution < 1.29 is 4.74 Å². The maximum absolute atomic E-state index is 5.72. The minimum atomic E-state index is 0.769.